The Balaban J connectivity index is 1.94. The van der Waals surface area contributed by atoms with Gasteiger partial charge in [-0.1, -0.05) is 37.3 Å². The fourth-order valence-electron chi connectivity index (χ4n) is 3.08. The van der Waals surface area contributed by atoms with Gasteiger partial charge in [0.15, 0.2) is 0 Å². The molecule has 0 fully saturated rings. The van der Waals surface area contributed by atoms with Gasteiger partial charge in [0.2, 0.25) is 0 Å². The van der Waals surface area contributed by atoms with Crippen molar-refractivity contribution < 1.29 is 0 Å². The molecule has 1 atom stereocenters. The highest BCUT2D eigenvalue weighted by Gasteiger charge is 2.17. The Morgan fingerprint density at radius 2 is 2.00 bits per heavy atom. The highest BCUT2D eigenvalue weighted by Crippen LogP contribution is 2.29. The van der Waals surface area contributed by atoms with Crippen LogP contribution in [0.2, 0.25) is 0 Å². The highest BCUT2D eigenvalue weighted by molar-refractivity contribution is 7.25. The maximum atomic E-state index is 13.3. The molecule has 0 amide bonds. The van der Waals surface area contributed by atoms with Gasteiger partial charge in [-0.25, -0.2) is 9.97 Å². The van der Waals surface area contributed by atoms with Gasteiger partial charge in [0, 0.05) is 18.0 Å². The number of aromatic nitrogens is 3. The van der Waals surface area contributed by atoms with E-state index in [-0.39, 0.29) is 11.5 Å². The predicted molar refractivity (Wildman–Crippen MR) is 107 cm³/mol. The second kappa shape index (κ2) is 6.97. The molecule has 0 saturated heterocycles. The van der Waals surface area contributed by atoms with Crippen molar-refractivity contribution in [3.8, 4) is 0 Å². The van der Waals surface area contributed by atoms with Gasteiger partial charge in [-0.3, -0.25) is 9.36 Å². The Kier molecular flexibility index (Phi) is 4.53. The molecular weight excluding hydrogens is 344 g/mol. The van der Waals surface area contributed by atoms with E-state index >= 15 is 0 Å². The SMILES string of the molecule is CC(CN)Cc1nc2c(sc3ncccc32)c(=O)n1Cc1ccccc1. The Labute approximate surface area is 155 Å². The number of hydrogen-bond donors (Lipinski definition) is 1. The minimum Gasteiger partial charge on any atom is -0.330 e. The minimum absolute atomic E-state index is 0.000995. The summed E-state index contributed by atoms with van der Waals surface area (Å²) in [5.41, 5.74) is 7.66. The topological polar surface area (TPSA) is 73.8 Å². The molecule has 0 bridgehead atoms. The first-order chi connectivity index (χ1) is 12.7. The lowest BCUT2D eigenvalue weighted by Crippen LogP contribution is -2.27. The summed E-state index contributed by atoms with van der Waals surface area (Å²) in [4.78, 5) is 23.4. The Hall–Kier alpha value is -2.57. The molecule has 3 aromatic heterocycles. The molecule has 4 rings (SSSR count). The number of rotatable bonds is 5. The smallest absolute Gasteiger partial charge is 0.271 e. The number of nitrogens with zero attached hydrogens (tertiary/aromatic N) is 3. The third-order valence-electron chi connectivity index (χ3n) is 4.55. The first kappa shape index (κ1) is 16.9. The van der Waals surface area contributed by atoms with Crippen LogP contribution in [0.25, 0.3) is 20.4 Å². The van der Waals surface area contributed by atoms with E-state index in [1.165, 1.54) is 11.3 Å². The number of thiophene rings is 1. The normalized spacial score (nSPS) is 12.7. The van der Waals surface area contributed by atoms with Crippen LogP contribution in [0, 0.1) is 5.92 Å². The molecule has 0 radical (unpaired) electrons. The van der Waals surface area contributed by atoms with Crippen LogP contribution < -0.4 is 11.3 Å². The molecule has 0 aliphatic rings. The number of fused-ring (bicyclic) bond motifs is 3. The van der Waals surface area contributed by atoms with Gasteiger partial charge in [-0.15, -0.1) is 11.3 Å². The number of nitrogens with two attached hydrogens (primary N) is 1. The first-order valence-electron chi connectivity index (χ1n) is 8.68. The lowest BCUT2D eigenvalue weighted by molar-refractivity contribution is 0.543. The second-order valence-electron chi connectivity index (χ2n) is 6.59. The third kappa shape index (κ3) is 3.02. The molecule has 6 heteroatoms. The van der Waals surface area contributed by atoms with Gasteiger partial charge in [-0.2, -0.15) is 0 Å². The molecule has 132 valence electrons. The van der Waals surface area contributed by atoms with Crippen LogP contribution in [-0.2, 0) is 13.0 Å². The third-order valence-corrected chi connectivity index (χ3v) is 5.64. The van der Waals surface area contributed by atoms with Crippen molar-refractivity contribution >= 4 is 31.8 Å². The van der Waals surface area contributed by atoms with Crippen molar-refractivity contribution in [2.75, 3.05) is 6.54 Å². The summed E-state index contributed by atoms with van der Waals surface area (Å²) in [6.07, 6.45) is 2.42. The Morgan fingerprint density at radius 1 is 1.19 bits per heavy atom. The lowest BCUT2D eigenvalue weighted by atomic mass is 10.1. The molecule has 1 unspecified atom stereocenters. The summed E-state index contributed by atoms with van der Waals surface area (Å²) in [5.74, 6) is 1.04. The molecule has 2 N–H and O–H groups in total. The number of hydrogen-bond acceptors (Lipinski definition) is 5. The second-order valence-corrected chi connectivity index (χ2v) is 7.58. The molecule has 1 aromatic carbocycles. The van der Waals surface area contributed by atoms with Crippen molar-refractivity contribution in [2.24, 2.45) is 11.7 Å². The van der Waals surface area contributed by atoms with Crippen LogP contribution in [0.15, 0.2) is 53.5 Å². The van der Waals surface area contributed by atoms with Crippen molar-refractivity contribution in [1.82, 2.24) is 14.5 Å². The Morgan fingerprint density at radius 3 is 2.77 bits per heavy atom. The van der Waals surface area contributed by atoms with E-state index in [0.717, 1.165) is 27.1 Å². The average molecular weight is 364 g/mol. The van der Waals surface area contributed by atoms with Crippen molar-refractivity contribution in [2.45, 2.75) is 19.9 Å². The Bertz CT molecular complexity index is 1120. The maximum absolute atomic E-state index is 13.3. The van der Waals surface area contributed by atoms with Gasteiger partial charge in [-0.05, 0) is 30.2 Å². The van der Waals surface area contributed by atoms with E-state index in [1.807, 2.05) is 42.5 Å². The summed E-state index contributed by atoms with van der Waals surface area (Å²) in [5, 5.41) is 0.943. The largest absolute Gasteiger partial charge is 0.330 e. The van der Waals surface area contributed by atoms with Gasteiger partial charge < -0.3 is 5.73 Å². The van der Waals surface area contributed by atoms with Crippen LogP contribution in [0.4, 0.5) is 0 Å². The number of pyridine rings is 1. The predicted octanol–water partition coefficient (Wildman–Crippen LogP) is 3.19. The molecule has 0 spiro atoms. The quantitative estimate of drug-likeness (QED) is 0.590. The molecule has 0 aliphatic heterocycles. The summed E-state index contributed by atoms with van der Waals surface area (Å²) in [6, 6.07) is 13.9. The fourth-order valence-corrected chi connectivity index (χ4v) is 4.12. The lowest BCUT2D eigenvalue weighted by Gasteiger charge is -2.15. The molecule has 5 nitrogen and oxygen atoms in total. The van der Waals surface area contributed by atoms with E-state index in [0.29, 0.717) is 24.2 Å². The van der Waals surface area contributed by atoms with Gasteiger partial charge in [0.05, 0.1) is 12.1 Å². The van der Waals surface area contributed by atoms with Crippen molar-refractivity contribution in [3.05, 3.63) is 70.4 Å². The van der Waals surface area contributed by atoms with Gasteiger partial charge in [0.1, 0.15) is 15.4 Å². The summed E-state index contributed by atoms with van der Waals surface area (Å²) < 4.78 is 2.46. The molecule has 26 heavy (non-hydrogen) atoms. The van der Waals surface area contributed by atoms with E-state index in [4.69, 9.17) is 10.7 Å². The van der Waals surface area contributed by atoms with Crippen LogP contribution >= 0.6 is 11.3 Å². The van der Waals surface area contributed by atoms with Crippen LogP contribution in [0.1, 0.15) is 18.3 Å². The van der Waals surface area contributed by atoms with Crippen LogP contribution in [-0.4, -0.2) is 21.1 Å². The summed E-state index contributed by atoms with van der Waals surface area (Å²) >= 11 is 1.41. The van der Waals surface area contributed by atoms with Gasteiger partial charge in [0.25, 0.3) is 5.56 Å². The van der Waals surface area contributed by atoms with E-state index in [9.17, 15) is 4.79 Å². The van der Waals surface area contributed by atoms with Crippen molar-refractivity contribution in [1.29, 1.82) is 0 Å². The van der Waals surface area contributed by atoms with Crippen LogP contribution in [0.5, 0.6) is 0 Å². The molecule has 0 saturated carbocycles. The molecule has 4 aromatic rings. The molecule has 3 heterocycles. The zero-order chi connectivity index (χ0) is 18.1. The van der Waals surface area contributed by atoms with Gasteiger partial charge >= 0.3 is 0 Å². The summed E-state index contributed by atoms with van der Waals surface area (Å²) in [7, 11) is 0. The molecular formula is C20H20N4OS. The average Bonchev–Trinajstić information content (AvgIpc) is 3.04. The zero-order valence-electron chi connectivity index (χ0n) is 14.6. The fraction of sp³-hybridized carbons (Fsp3) is 0.250. The number of benzene rings is 1. The van der Waals surface area contributed by atoms with Crippen LogP contribution in [0.3, 0.4) is 0 Å². The summed E-state index contributed by atoms with van der Waals surface area (Å²) in [6.45, 7) is 3.15. The van der Waals surface area contributed by atoms with Crippen molar-refractivity contribution in [3.63, 3.8) is 0 Å². The monoisotopic (exact) mass is 364 g/mol. The zero-order valence-corrected chi connectivity index (χ0v) is 15.4. The van der Waals surface area contributed by atoms with E-state index in [2.05, 4.69) is 11.9 Å². The van der Waals surface area contributed by atoms with E-state index < -0.39 is 0 Å². The standard InChI is InChI=1S/C20H20N4OS/c1-13(11-21)10-16-23-17-15-8-5-9-22-19(15)26-18(17)20(25)24(16)12-14-6-3-2-4-7-14/h2-9,13H,10-12,21H2,1H3. The maximum Gasteiger partial charge on any atom is 0.271 e. The first-order valence-corrected chi connectivity index (χ1v) is 9.50. The van der Waals surface area contributed by atoms with E-state index in [1.54, 1.807) is 10.8 Å². The molecule has 0 aliphatic carbocycles. The highest BCUT2D eigenvalue weighted by atomic mass is 32.1. The minimum atomic E-state index is 0.000995.